The van der Waals surface area contributed by atoms with Crippen molar-refractivity contribution in [1.29, 1.82) is 0 Å². The number of halogens is 1. The van der Waals surface area contributed by atoms with Crippen LogP contribution in [0.5, 0.6) is 0 Å². The quantitative estimate of drug-likeness (QED) is 0.810. The Balaban J connectivity index is 0.00000289. The Morgan fingerprint density at radius 1 is 1.22 bits per heavy atom. The lowest BCUT2D eigenvalue weighted by Crippen LogP contribution is -2.36. The molecule has 1 rings (SSSR count). The normalized spacial score (nSPS) is 11.8. The maximum Gasteiger partial charge on any atom is 0.323 e. The van der Waals surface area contributed by atoms with Crippen molar-refractivity contribution in [3.8, 4) is 0 Å². The summed E-state index contributed by atoms with van der Waals surface area (Å²) in [6, 6.07) is 9.17. The average Bonchev–Trinajstić information content (AvgIpc) is 2.36. The van der Waals surface area contributed by atoms with Gasteiger partial charge in [-0.15, -0.1) is 12.4 Å². The standard InChI is InChI=1S/C14H21NO2.ClH/c1-3-12(4-2)17-14(16)13(15)10-11-8-6-5-7-9-11;/h5-9,12-13H,3-4,10,15H2,1-2H3;1H/t13-;/m0./s1. The summed E-state index contributed by atoms with van der Waals surface area (Å²) in [7, 11) is 0. The Kier molecular flexibility index (Phi) is 8.42. The van der Waals surface area contributed by atoms with Crippen LogP contribution >= 0.6 is 12.4 Å². The number of hydrogen-bond acceptors (Lipinski definition) is 3. The van der Waals surface area contributed by atoms with Gasteiger partial charge in [-0.2, -0.15) is 0 Å². The van der Waals surface area contributed by atoms with E-state index in [9.17, 15) is 4.79 Å². The van der Waals surface area contributed by atoms with E-state index < -0.39 is 6.04 Å². The Bertz CT molecular complexity index is 339. The van der Waals surface area contributed by atoms with Crippen molar-refractivity contribution in [2.45, 2.75) is 45.3 Å². The van der Waals surface area contributed by atoms with E-state index in [-0.39, 0.29) is 24.5 Å². The zero-order valence-corrected chi connectivity index (χ0v) is 11.8. The predicted molar refractivity (Wildman–Crippen MR) is 75.8 cm³/mol. The van der Waals surface area contributed by atoms with E-state index in [1.54, 1.807) is 0 Å². The highest BCUT2D eigenvalue weighted by molar-refractivity contribution is 5.85. The van der Waals surface area contributed by atoms with Crippen LogP contribution in [0.2, 0.25) is 0 Å². The van der Waals surface area contributed by atoms with Gasteiger partial charge >= 0.3 is 5.97 Å². The van der Waals surface area contributed by atoms with Gasteiger partial charge in [-0.3, -0.25) is 4.79 Å². The van der Waals surface area contributed by atoms with Crippen LogP contribution < -0.4 is 5.73 Å². The molecule has 0 heterocycles. The summed E-state index contributed by atoms with van der Waals surface area (Å²) in [5, 5.41) is 0. The summed E-state index contributed by atoms with van der Waals surface area (Å²) >= 11 is 0. The second-order valence-corrected chi connectivity index (χ2v) is 4.17. The van der Waals surface area contributed by atoms with E-state index in [1.807, 2.05) is 44.2 Å². The van der Waals surface area contributed by atoms with Gasteiger partial charge in [-0.1, -0.05) is 44.2 Å². The average molecular weight is 272 g/mol. The molecule has 0 amide bonds. The molecule has 0 aliphatic heterocycles. The smallest absolute Gasteiger partial charge is 0.323 e. The minimum absolute atomic E-state index is 0. The molecule has 0 fully saturated rings. The third kappa shape index (κ3) is 5.52. The van der Waals surface area contributed by atoms with Crippen LogP contribution in [0, 0.1) is 0 Å². The van der Waals surface area contributed by atoms with Gasteiger partial charge in [0.25, 0.3) is 0 Å². The molecule has 3 nitrogen and oxygen atoms in total. The van der Waals surface area contributed by atoms with Crippen molar-refractivity contribution in [1.82, 2.24) is 0 Å². The number of carbonyl (C=O) groups excluding carboxylic acids is 1. The van der Waals surface area contributed by atoms with Gasteiger partial charge in [-0.05, 0) is 24.8 Å². The topological polar surface area (TPSA) is 52.3 Å². The zero-order valence-electron chi connectivity index (χ0n) is 11.0. The van der Waals surface area contributed by atoms with Crippen LogP contribution in [0.15, 0.2) is 30.3 Å². The number of esters is 1. The summed E-state index contributed by atoms with van der Waals surface area (Å²) in [6.45, 7) is 4.01. The first-order valence-corrected chi connectivity index (χ1v) is 6.17. The van der Waals surface area contributed by atoms with Crippen LogP contribution in [0.25, 0.3) is 0 Å². The van der Waals surface area contributed by atoms with Crippen LogP contribution in [-0.4, -0.2) is 18.1 Å². The van der Waals surface area contributed by atoms with Gasteiger partial charge in [0.15, 0.2) is 0 Å². The molecule has 0 aromatic heterocycles. The predicted octanol–water partition coefficient (Wildman–Crippen LogP) is 2.71. The van der Waals surface area contributed by atoms with Gasteiger partial charge in [0.2, 0.25) is 0 Å². The second kappa shape index (κ2) is 8.95. The zero-order chi connectivity index (χ0) is 12.7. The molecule has 1 aromatic carbocycles. The maximum absolute atomic E-state index is 11.7. The van der Waals surface area contributed by atoms with Crippen molar-refractivity contribution in [3.05, 3.63) is 35.9 Å². The van der Waals surface area contributed by atoms with E-state index in [0.29, 0.717) is 6.42 Å². The number of hydrogen-bond donors (Lipinski definition) is 1. The largest absolute Gasteiger partial charge is 0.461 e. The number of ether oxygens (including phenoxy) is 1. The molecule has 0 saturated carbocycles. The number of nitrogens with two attached hydrogens (primary N) is 1. The molecule has 102 valence electrons. The fourth-order valence-corrected chi connectivity index (χ4v) is 1.66. The molecule has 0 radical (unpaired) electrons. The molecule has 0 unspecified atom stereocenters. The highest BCUT2D eigenvalue weighted by atomic mass is 35.5. The first-order chi connectivity index (χ1) is 8.17. The van der Waals surface area contributed by atoms with Crippen LogP contribution in [0.3, 0.4) is 0 Å². The third-order valence-corrected chi connectivity index (χ3v) is 2.79. The molecule has 0 aliphatic rings. The highest BCUT2D eigenvalue weighted by Gasteiger charge is 2.18. The van der Waals surface area contributed by atoms with Crippen LogP contribution in [-0.2, 0) is 16.0 Å². The van der Waals surface area contributed by atoms with Gasteiger partial charge < -0.3 is 10.5 Å². The summed E-state index contributed by atoms with van der Waals surface area (Å²) < 4.78 is 5.32. The van der Waals surface area contributed by atoms with E-state index >= 15 is 0 Å². The minimum Gasteiger partial charge on any atom is -0.461 e. The Morgan fingerprint density at radius 3 is 2.28 bits per heavy atom. The Morgan fingerprint density at radius 2 is 1.78 bits per heavy atom. The fourth-order valence-electron chi connectivity index (χ4n) is 1.66. The van der Waals surface area contributed by atoms with E-state index in [2.05, 4.69) is 0 Å². The highest BCUT2D eigenvalue weighted by Crippen LogP contribution is 2.07. The molecular formula is C14H22ClNO2. The lowest BCUT2D eigenvalue weighted by molar-refractivity contribution is -0.150. The molecule has 0 aliphatic carbocycles. The van der Waals surface area contributed by atoms with Gasteiger partial charge in [0.05, 0.1) is 0 Å². The number of rotatable bonds is 6. The monoisotopic (exact) mass is 271 g/mol. The molecule has 1 atom stereocenters. The lowest BCUT2D eigenvalue weighted by Gasteiger charge is -2.17. The molecule has 4 heteroatoms. The summed E-state index contributed by atoms with van der Waals surface area (Å²) in [4.78, 5) is 11.7. The first-order valence-electron chi connectivity index (χ1n) is 6.17. The van der Waals surface area contributed by atoms with Crippen molar-refractivity contribution < 1.29 is 9.53 Å². The van der Waals surface area contributed by atoms with Crippen LogP contribution in [0.4, 0.5) is 0 Å². The number of benzene rings is 1. The summed E-state index contributed by atoms with van der Waals surface area (Å²) in [5.41, 5.74) is 6.89. The molecule has 0 bridgehead atoms. The second-order valence-electron chi connectivity index (χ2n) is 4.17. The van der Waals surface area contributed by atoms with Gasteiger partial charge in [0.1, 0.15) is 12.1 Å². The van der Waals surface area contributed by atoms with Crippen molar-refractivity contribution in [3.63, 3.8) is 0 Å². The van der Waals surface area contributed by atoms with E-state index in [0.717, 1.165) is 18.4 Å². The molecule has 1 aromatic rings. The van der Waals surface area contributed by atoms with Crippen molar-refractivity contribution in [2.75, 3.05) is 0 Å². The van der Waals surface area contributed by atoms with Crippen molar-refractivity contribution >= 4 is 18.4 Å². The van der Waals surface area contributed by atoms with Gasteiger partial charge in [-0.25, -0.2) is 0 Å². The van der Waals surface area contributed by atoms with Gasteiger partial charge in [0, 0.05) is 0 Å². The summed E-state index contributed by atoms with van der Waals surface area (Å²) in [6.07, 6.45) is 2.18. The molecule has 0 saturated heterocycles. The fraction of sp³-hybridized carbons (Fsp3) is 0.500. The maximum atomic E-state index is 11.7. The molecule has 2 N–H and O–H groups in total. The molecular weight excluding hydrogens is 250 g/mol. The van der Waals surface area contributed by atoms with Crippen LogP contribution in [0.1, 0.15) is 32.3 Å². The third-order valence-electron chi connectivity index (χ3n) is 2.79. The Labute approximate surface area is 115 Å². The SMILES string of the molecule is CCC(CC)OC(=O)[C@@H](N)Cc1ccccc1.Cl. The molecule has 0 spiro atoms. The van der Waals surface area contributed by atoms with E-state index in [1.165, 1.54) is 0 Å². The number of carbonyl (C=O) groups is 1. The van der Waals surface area contributed by atoms with E-state index in [4.69, 9.17) is 10.5 Å². The minimum atomic E-state index is -0.571. The summed E-state index contributed by atoms with van der Waals surface area (Å²) in [5.74, 6) is -0.303. The van der Waals surface area contributed by atoms with Crippen molar-refractivity contribution in [2.24, 2.45) is 5.73 Å². The molecule has 18 heavy (non-hydrogen) atoms. The lowest BCUT2D eigenvalue weighted by atomic mass is 10.1. The first kappa shape index (κ1) is 16.9. The Hall–Kier alpha value is -1.06.